The minimum Gasteiger partial charge on any atom is -0.346 e. The van der Waals surface area contributed by atoms with Crippen molar-refractivity contribution in [3.63, 3.8) is 0 Å². The lowest BCUT2D eigenvalue weighted by Gasteiger charge is -2.02. The van der Waals surface area contributed by atoms with Gasteiger partial charge in [-0.05, 0) is 12.0 Å². The second-order valence-electron chi connectivity index (χ2n) is 3.38. The number of amides is 1. The number of aryl methyl sites for hydroxylation is 1. The number of carbonyl (C=O) groups is 2. The lowest BCUT2D eigenvalue weighted by atomic mass is 10.1. The van der Waals surface area contributed by atoms with Crippen LogP contribution in [0.5, 0.6) is 0 Å². The van der Waals surface area contributed by atoms with Gasteiger partial charge in [-0.25, -0.2) is 0 Å². The summed E-state index contributed by atoms with van der Waals surface area (Å²) in [4.78, 5) is 23.0. The van der Waals surface area contributed by atoms with Crippen molar-refractivity contribution in [1.82, 2.24) is 5.32 Å². The molecule has 1 amide bonds. The molecule has 0 fully saturated rings. The molecule has 0 aromatic heterocycles. The molecule has 1 N–H and O–H groups in total. The van der Waals surface area contributed by atoms with E-state index in [0.29, 0.717) is 12.1 Å². The van der Waals surface area contributed by atoms with Crippen LogP contribution < -0.4 is 5.32 Å². The third-order valence-electron chi connectivity index (χ3n) is 2.24. The largest absolute Gasteiger partial charge is 0.346 e. The maximum atomic E-state index is 11.6. The molecule has 0 atom stereocenters. The van der Waals surface area contributed by atoms with Gasteiger partial charge in [0.15, 0.2) is 0 Å². The van der Waals surface area contributed by atoms with Gasteiger partial charge >= 0.3 is 0 Å². The van der Waals surface area contributed by atoms with Crippen molar-refractivity contribution >= 4 is 11.7 Å². The van der Waals surface area contributed by atoms with Crippen molar-refractivity contribution in [3.8, 4) is 0 Å². The van der Waals surface area contributed by atoms with E-state index < -0.39 is 11.7 Å². The standard InChI is InChI=1S/C13H15NO2/c1-3-9-14-13(16)12(15)11-7-5-10(4-2)6-8-11/h3,5-8H,1,4,9H2,2H3,(H,14,16). The van der Waals surface area contributed by atoms with Gasteiger partial charge in [-0.3, -0.25) is 9.59 Å². The number of rotatable bonds is 5. The first-order chi connectivity index (χ1) is 7.69. The molecule has 1 aromatic rings. The maximum Gasteiger partial charge on any atom is 0.292 e. The molecule has 0 aliphatic heterocycles. The highest BCUT2D eigenvalue weighted by Crippen LogP contribution is 2.05. The summed E-state index contributed by atoms with van der Waals surface area (Å²) in [6.07, 6.45) is 2.45. The molecule has 16 heavy (non-hydrogen) atoms. The Bertz CT molecular complexity index is 393. The van der Waals surface area contributed by atoms with E-state index in [9.17, 15) is 9.59 Å². The Labute approximate surface area is 95.2 Å². The minimum atomic E-state index is -0.593. The molecule has 0 radical (unpaired) electrons. The maximum absolute atomic E-state index is 11.6. The van der Waals surface area contributed by atoms with Gasteiger partial charge < -0.3 is 5.32 Å². The van der Waals surface area contributed by atoms with E-state index in [0.717, 1.165) is 12.0 Å². The number of ketones is 1. The fourth-order valence-electron chi connectivity index (χ4n) is 1.27. The van der Waals surface area contributed by atoms with Crippen molar-refractivity contribution < 1.29 is 9.59 Å². The van der Waals surface area contributed by atoms with Crippen LogP contribution in [0.1, 0.15) is 22.8 Å². The summed E-state index contributed by atoms with van der Waals surface area (Å²) in [5.74, 6) is -1.10. The SMILES string of the molecule is C=CCNC(=O)C(=O)c1ccc(CC)cc1. The van der Waals surface area contributed by atoms with Crippen LogP contribution in [-0.4, -0.2) is 18.2 Å². The summed E-state index contributed by atoms with van der Waals surface area (Å²) in [5, 5.41) is 2.45. The lowest BCUT2D eigenvalue weighted by molar-refractivity contribution is -0.116. The number of Topliss-reactive ketones (excluding diaryl/α,β-unsaturated/α-hetero) is 1. The number of carbonyl (C=O) groups excluding carboxylic acids is 2. The van der Waals surface area contributed by atoms with Crippen LogP contribution in [0.4, 0.5) is 0 Å². The van der Waals surface area contributed by atoms with Gasteiger partial charge in [-0.2, -0.15) is 0 Å². The van der Waals surface area contributed by atoms with Crippen LogP contribution in [0, 0.1) is 0 Å². The van der Waals surface area contributed by atoms with Crippen molar-refractivity contribution in [2.45, 2.75) is 13.3 Å². The fraction of sp³-hybridized carbons (Fsp3) is 0.231. The minimum absolute atomic E-state index is 0.303. The third-order valence-corrected chi connectivity index (χ3v) is 2.24. The van der Waals surface area contributed by atoms with E-state index in [2.05, 4.69) is 11.9 Å². The molecule has 3 heteroatoms. The number of nitrogens with one attached hydrogen (secondary N) is 1. The summed E-state index contributed by atoms with van der Waals surface area (Å²) in [5.41, 5.74) is 1.56. The molecular formula is C13H15NO2. The first-order valence-electron chi connectivity index (χ1n) is 5.21. The molecule has 3 nitrogen and oxygen atoms in total. The second kappa shape index (κ2) is 5.85. The Morgan fingerprint density at radius 3 is 2.44 bits per heavy atom. The monoisotopic (exact) mass is 217 g/mol. The molecule has 0 spiro atoms. The van der Waals surface area contributed by atoms with E-state index in [-0.39, 0.29) is 0 Å². The summed E-state index contributed by atoms with van der Waals surface area (Å²) in [6.45, 7) is 5.80. The Hall–Kier alpha value is -1.90. The van der Waals surface area contributed by atoms with Crippen LogP contribution in [0.25, 0.3) is 0 Å². The van der Waals surface area contributed by atoms with Crippen molar-refractivity contribution in [2.75, 3.05) is 6.54 Å². The molecule has 0 bridgehead atoms. The quantitative estimate of drug-likeness (QED) is 0.464. The van der Waals surface area contributed by atoms with Gasteiger partial charge in [-0.15, -0.1) is 6.58 Å². The van der Waals surface area contributed by atoms with Crippen molar-refractivity contribution in [2.24, 2.45) is 0 Å². The molecule has 84 valence electrons. The zero-order valence-electron chi connectivity index (χ0n) is 9.32. The van der Waals surface area contributed by atoms with Crippen LogP contribution in [0.2, 0.25) is 0 Å². The van der Waals surface area contributed by atoms with E-state index in [1.54, 1.807) is 12.1 Å². The summed E-state index contributed by atoms with van der Waals surface area (Å²) in [7, 11) is 0. The zero-order chi connectivity index (χ0) is 12.0. The van der Waals surface area contributed by atoms with E-state index >= 15 is 0 Å². The Morgan fingerprint density at radius 1 is 1.31 bits per heavy atom. The predicted octanol–water partition coefficient (Wildman–Crippen LogP) is 1.73. The van der Waals surface area contributed by atoms with Gasteiger partial charge in [0.2, 0.25) is 5.78 Å². The van der Waals surface area contributed by atoms with Crippen LogP contribution >= 0.6 is 0 Å². The molecule has 0 unspecified atom stereocenters. The predicted molar refractivity (Wildman–Crippen MR) is 63.4 cm³/mol. The average Bonchev–Trinajstić information content (AvgIpc) is 2.35. The van der Waals surface area contributed by atoms with Gasteiger partial charge in [0.05, 0.1) is 0 Å². The normalized spacial score (nSPS) is 9.56. The van der Waals surface area contributed by atoms with E-state index in [1.165, 1.54) is 6.08 Å². The van der Waals surface area contributed by atoms with E-state index in [4.69, 9.17) is 0 Å². The highest BCUT2D eigenvalue weighted by molar-refractivity contribution is 6.42. The Balaban J connectivity index is 2.72. The highest BCUT2D eigenvalue weighted by Gasteiger charge is 2.14. The highest BCUT2D eigenvalue weighted by atomic mass is 16.2. The first kappa shape index (κ1) is 12.2. The van der Waals surface area contributed by atoms with Crippen molar-refractivity contribution in [3.05, 3.63) is 48.0 Å². The Kier molecular flexibility index (Phi) is 4.45. The molecule has 0 heterocycles. The van der Waals surface area contributed by atoms with E-state index in [1.807, 2.05) is 19.1 Å². The van der Waals surface area contributed by atoms with Gasteiger partial charge in [-0.1, -0.05) is 37.3 Å². The summed E-state index contributed by atoms with van der Waals surface area (Å²) >= 11 is 0. The smallest absolute Gasteiger partial charge is 0.292 e. The second-order valence-corrected chi connectivity index (χ2v) is 3.38. The third kappa shape index (κ3) is 3.05. The van der Waals surface area contributed by atoms with Gasteiger partial charge in [0.1, 0.15) is 0 Å². The number of hydrogen-bond donors (Lipinski definition) is 1. The van der Waals surface area contributed by atoms with Crippen LogP contribution in [0.3, 0.4) is 0 Å². The summed E-state index contributed by atoms with van der Waals surface area (Å²) in [6, 6.07) is 7.06. The fourth-order valence-corrected chi connectivity index (χ4v) is 1.27. The number of benzene rings is 1. The van der Waals surface area contributed by atoms with Gasteiger partial charge in [0.25, 0.3) is 5.91 Å². The first-order valence-corrected chi connectivity index (χ1v) is 5.21. The number of hydrogen-bond acceptors (Lipinski definition) is 2. The van der Waals surface area contributed by atoms with Gasteiger partial charge in [0, 0.05) is 12.1 Å². The molecule has 0 saturated heterocycles. The topological polar surface area (TPSA) is 46.2 Å². The molecule has 1 rings (SSSR count). The molecule has 1 aromatic carbocycles. The van der Waals surface area contributed by atoms with Crippen LogP contribution in [-0.2, 0) is 11.2 Å². The lowest BCUT2D eigenvalue weighted by Crippen LogP contribution is -2.31. The van der Waals surface area contributed by atoms with Crippen molar-refractivity contribution in [1.29, 1.82) is 0 Å². The summed E-state index contributed by atoms with van der Waals surface area (Å²) < 4.78 is 0. The molecule has 0 saturated carbocycles. The Morgan fingerprint density at radius 2 is 1.94 bits per heavy atom. The molecular weight excluding hydrogens is 202 g/mol. The molecule has 0 aliphatic rings. The average molecular weight is 217 g/mol. The zero-order valence-corrected chi connectivity index (χ0v) is 9.32. The van der Waals surface area contributed by atoms with Crippen LogP contribution in [0.15, 0.2) is 36.9 Å². The molecule has 0 aliphatic carbocycles.